The van der Waals surface area contributed by atoms with E-state index < -0.39 is 0 Å². The van der Waals surface area contributed by atoms with E-state index in [4.69, 9.17) is 0 Å². The van der Waals surface area contributed by atoms with E-state index in [0.717, 1.165) is 22.5 Å². The lowest BCUT2D eigenvalue weighted by molar-refractivity contribution is 0.0728. The Morgan fingerprint density at radius 1 is 1.23 bits per heavy atom. The summed E-state index contributed by atoms with van der Waals surface area (Å²) in [5.74, 6) is -0.000614. The Bertz CT molecular complexity index is 1110. The number of amides is 1. The topological polar surface area (TPSA) is 53.9 Å². The van der Waals surface area contributed by atoms with Crippen LogP contribution in [0.25, 0.3) is 21.5 Å². The predicted octanol–water partition coefficient (Wildman–Crippen LogP) is 3.83. The molecule has 4 aromatic rings. The lowest BCUT2D eigenvalue weighted by atomic mass is 10.0. The highest BCUT2D eigenvalue weighted by atomic mass is 32.1. The van der Waals surface area contributed by atoms with E-state index in [0.29, 0.717) is 18.8 Å². The van der Waals surface area contributed by atoms with Crippen LogP contribution in [0.1, 0.15) is 21.7 Å². The molecule has 26 heavy (non-hydrogen) atoms. The van der Waals surface area contributed by atoms with Gasteiger partial charge in [0.1, 0.15) is 0 Å². The number of aromatic nitrogens is 3. The number of carbonyl (C=O) groups excluding carboxylic acids is 1. The summed E-state index contributed by atoms with van der Waals surface area (Å²) in [6.07, 6.45) is 0.848. The molecule has 1 aliphatic rings. The molecule has 0 radical (unpaired) electrons. The van der Waals surface area contributed by atoms with Crippen LogP contribution in [-0.4, -0.2) is 32.1 Å². The van der Waals surface area contributed by atoms with Gasteiger partial charge in [-0.25, -0.2) is 0 Å². The Balaban J connectivity index is 1.46. The number of nitrogens with zero attached hydrogens (tertiary/aromatic N) is 3. The third-order valence-electron chi connectivity index (χ3n) is 5.04. The fourth-order valence-corrected chi connectivity index (χ4v) is 4.50. The Morgan fingerprint density at radius 2 is 2.12 bits per heavy atom. The summed E-state index contributed by atoms with van der Waals surface area (Å²) in [7, 11) is 1.89. The minimum atomic E-state index is -0.000614. The standard InChI is InChI=1S/C20H18N4OS/c1-23-18(19-7-4-10-26-19)11-17(22-23)20(25)24-9-8-16-14(12-24)13-5-2-3-6-15(13)21-16/h2-7,10-11,21H,8-9,12H2,1H3. The largest absolute Gasteiger partial charge is 0.358 e. The van der Waals surface area contributed by atoms with Crippen molar-refractivity contribution in [2.24, 2.45) is 7.05 Å². The molecule has 0 aliphatic carbocycles. The summed E-state index contributed by atoms with van der Waals surface area (Å²) in [6, 6.07) is 14.3. The van der Waals surface area contributed by atoms with E-state index in [1.807, 2.05) is 41.6 Å². The Morgan fingerprint density at radius 3 is 2.96 bits per heavy atom. The molecule has 1 N–H and O–H groups in total. The summed E-state index contributed by atoms with van der Waals surface area (Å²) in [5, 5.41) is 7.72. The maximum absolute atomic E-state index is 13.0. The van der Waals surface area contributed by atoms with E-state index in [1.165, 1.54) is 16.6 Å². The van der Waals surface area contributed by atoms with E-state index in [2.05, 4.69) is 28.3 Å². The lowest BCUT2D eigenvalue weighted by Gasteiger charge is -2.26. The Hall–Kier alpha value is -2.86. The molecule has 0 saturated carbocycles. The molecule has 1 aliphatic heterocycles. The van der Waals surface area contributed by atoms with Gasteiger partial charge in [-0.1, -0.05) is 24.3 Å². The van der Waals surface area contributed by atoms with Crippen LogP contribution in [-0.2, 0) is 20.0 Å². The number of rotatable bonds is 2. The number of hydrogen-bond acceptors (Lipinski definition) is 3. The molecule has 1 amide bonds. The van der Waals surface area contributed by atoms with Gasteiger partial charge in [-0.3, -0.25) is 9.48 Å². The van der Waals surface area contributed by atoms with Gasteiger partial charge in [-0.15, -0.1) is 11.3 Å². The first kappa shape index (κ1) is 15.4. The van der Waals surface area contributed by atoms with Crippen LogP contribution in [0.4, 0.5) is 0 Å². The molecule has 0 atom stereocenters. The van der Waals surface area contributed by atoms with Crippen molar-refractivity contribution < 1.29 is 4.79 Å². The van der Waals surface area contributed by atoms with E-state index in [1.54, 1.807) is 16.0 Å². The molecule has 1 aromatic carbocycles. The summed E-state index contributed by atoms with van der Waals surface area (Å²) < 4.78 is 1.79. The zero-order chi connectivity index (χ0) is 17.7. The third-order valence-corrected chi connectivity index (χ3v) is 5.93. The fourth-order valence-electron chi connectivity index (χ4n) is 3.73. The molecule has 6 heteroatoms. The van der Waals surface area contributed by atoms with Gasteiger partial charge in [0.15, 0.2) is 5.69 Å². The van der Waals surface area contributed by atoms with Crippen LogP contribution in [0.2, 0.25) is 0 Å². The number of fused-ring (bicyclic) bond motifs is 3. The molecular weight excluding hydrogens is 344 g/mol. The molecular formula is C20H18N4OS. The van der Waals surface area contributed by atoms with Crippen LogP contribution < -0.4 is 0 Å². The maximum Gasteiger partial charge on any atom is 0.274 e. The Kier molecular flexibility index (Phi) is 3.46. The third kappa shape index (κ3) is 2.37. The quantitative estimate of drug-likeness (QED) is 0.589. The highest BCUT2D eigenvalue weighted by Gasteiger charge is 2.26. The number of H-pyrrole nitrogens is 1. The molecule has 0 fully saturated rings. The van der Waals surface area contributed by atoms with Gasteiger partial charge in [0.2, 0.25) is 0 Å². The van der Waals surface area contributed by atoms with Gasteiger partial charge in [0, 0.05) is 48.7 Å². The fraction of sp³-hybridized carbons (Fsp3) is 0.200. The van der Waals surface area contributed by atoms with Crippen molar-refractivity contribution >= 4 is 28.1 Å². The van der Waals surface area contributed by atoms with Crippen LogP contribution in [0.3, 0.4) is 0 Å². The zero-order valence-electron chi connectivity index (χ0n) is 14.4. The van der Waals surface area contributed by atoms with E-state index >= 15 is 0 Å². The van der Waals surface area contributed by atoms with Gasteiger partial charge in [0.25, 0.3) is 5.91 Å². The summed E-state index contributed by atoms with van der Waals surface area (Å²) in [6.45, 7) is 1.34. The number of carbonyl (C=O) groups is 1. The first-order chi connectivity index (χ1) is 12.7. The number of hydrogen-bond donors (Lipinski definition) is 1. The van der Waals surface area contributed by atoms with Crippen molar-refractivity contribution in [2.45, 2.75) is 13.0 Å². The molecule has 5 rings (SSSR count). The minimum absolute atomic E-state index is 0.000614. The molecule has 4 heterocycles. The first-order valence-corrected chi connectivity index (χ1v) is 9.54. The van der Waals surface area contributed by atoms with Crippen LogP contribution in [0.5, 0.6) is 0 Å². The highest BCUT2D eigenvalue weighted by molar-refractivity contribution is 7.13. The minimum Gasteiger partial charge on any atom is -0.358 e. The zero-order valence-corrected chi connectivity index (χ0v) is 15.2. The molecule has 3 aromatic heterocycles. The Labute approximate surface area is 154 Å². The second-order valence-electron chi connectivity index (χ2n) is 6.62. The average Bonchev–Trinajstić information content (AvgIpc) is 3.38. The van der Waals surface area contributed by atoms with Crippen molar-refractivity contribution in [2.75, 3.05) is 6.54 Å². The summed E-state index contributed by atoms with van der Waals surface area (Å²) >= 11 is 1.65. The van der Waals surface area contributed by atoms with E-state index in [9.17, 15) is 4.79 Å². The van der Waals surface area contributed by atoms with Crippen molar-refractivity contribution in [1.82, 2.24) is 19.7 Å². The van der Waals surface area contributed by atoms with Crippen LogP contribution >= 0.6 is 11.3 Å². The second-order valence-corrected chi connectivity index (χ2v) is 7.57. The van der Waals surface area contributed by atoms with E-state index in [-0.39, 0.29) is 5.91 Å². The molecule has 0 spiro atoms. The van der Waals surface area contributed by atoms with Crippen molar-refractivity contribution in [3.8, 4) is 10.6 Å². The number of benzene rings is 1. The SMILES string of the molecule is Cn1nc(C(=O)N2CCc3[nH]c4ccccc4c3C2)cc1-c1cccs1. The van der Waals surface area contributed by atoms with Crippen molar-refractivity contribution in [1.29, 1.82) is 0 Å². The number of nitrogens with one attached hydrogen (secondary N) is 1. The highest BCUT2D eigenvalue weighted by Crippen LogP contribution is 2.29. The first-order valence-electron chi connectivity index (χ1n) is 8.66. The molecule has 5 nitrogen and oxygen atoms in total. The number of aromatic amines is 1. The van der Waals surface area contributed by atoms with Gasteiger partial charge in [-0.2, -0.15) is 5.10 Å². The smallest absolute Gasteiger partial charge is 0.274 e. The second kappa shape index (κ2) is 5.85. The monoisotopic (exact) mass is 362 g/mol. The maximum atomic E-state index is 13.0. The van der Waals surface area contributed by atoms with Crippen LogP contribution in [0, 0.1) is 0 Å². The van der Waals surface area contributed by atoms with Gasteiger partial charge in [0.05, 0.1) is 10.6 Å². The molecule has 0 unspecified atom stereocenters. The average molecular weight is 362 g/mol. The van der Waals surface area contributed by atoms with Crippen LogP contribution in [0.15, 0.2) is 47.8 Å². The van der Waals surface area contributed by atoms with Gasteiger partial charge < -0.3 is 9.88 Å². The normalized spacial score (nSPS) is 14.0. The van der Waals surface area contributed by atoms with Gasteiger partial charge >= 0.3 is 0 Å². The number of aryl methyl sites for hydroxylation is 1. The summed E-state index contributed by atoms with van der Waals surface area (Å²) in [5.41, 5.74) is 5.11. The van der Waals surface area contributed by atoms with Crippen molar-refractivity contribution in [3.05, 3.63) is 64.8 Å². The predicted molar refractivity (Wildman–Crippen MR) is 103 cm³/mol. The number of para-hydroxylation sites is 1. The molecule has 130 valence electrons. The molecule has 0 bridgehead atoms. The number of thiophene rings is 1. The molecule has 0 saturated heterocycles. The van der Waals surface area contributed by atoms with Gasteiger partial charge in [-0.05, 0) is 23.6 Å². The van der Waals surface area contributed by atoms with Crippen molar-refractivity contribution in [3.63, 3.8) is 0 Å². The summed E-state index contributed by atoms with van der Waals surface area (Å²) in [4.78, 5) is 19.6. The lowest BCUT2D eigenvalue weighted by Crippen LogP contribution is -2.36.